The van der Waals surface area contributed by atoms with E-state index in [1.807, 2.05) is 0 Å². The Hall–Kier alpha value is -0.630. The van der Waals surface area contributed by atoms with Gasteiger partial charge < -0.3 is 4.90 Å². The summed E-state index contributed by atoms with van der Waals surface area (Å²) in [5.41, 5.74) is 0. The molecule has 1 aliphatic rings. The summed E-state index contributed by atoms with van der Waals surface area (Å²) in [6.45, 7) is 6.18. The van der Waals surface area contributed by atoms with Gasteiger partial charge in [-0.05, 0) is 19.8 Å². The van der Waals surface area contributed by atoms with Crippen LogP contribution in [-0.2, 0) is 4.84 Å². The number of rotatable bonds is 5. The van der Waals surface area contributed by atoms with Crippen molar-refractivity contribution in [3.05, 3.63) is 0 Å². The molecule has 4 nitrogen and oxygen atoms in total. The maximum absolute atomic E-state index is 8.53. The van der Waals surface area contributed by atoms with E-state index in [9.17, 15) is 0 Å². The summed E-state index contributed by atoms with van der Waals surface area (Å²) in [4.78, 5) is 8.38. The van der Waals surface area contributed by atoms with Crippen molar-refractivity contribution in [3.63, 3.8) is 0 Å². The first-order chi connectivity index (χ1) is 7.57. The van der Waals surface area contributed by atoms with Gasteiger partial charge in [0.05, 0.1) is 20.2 Å². The van der Waals surface area contributed by atoms with Gasteiger partial charge in [-0.3, -0.25) is 0 Å². The van der Waals surface area contributed by atoms with Crippen molar-refractivity contribution >= 4 is 0 Å². The highest BCUT2D eigenvalue weighted by Gasteiger charge is 2.26. The number of hydrogen-bond donors (Lipinski definition) is 0. The molecule has 0 spiro atoms. The molecule has 0 saturated carbocycles. The Morgan fingerprint density at radius 3 is 2.50 bits per heavy atom. The van der Waals surface area contributed by atoms with Crippen LogP contribution in [0.2, 0.25) is 0 Å². The Balaban J connectivity index is 2.24. The Bertz CT molecular complexity index is 239. The van der Waals surface area contributed by atoms with E-state index in [4.69, 9.17) is 10.1 Å². The van der Waals surface area contributed by atoms with Crippen molar-refractivity contribution in [3.8, 4) is 6.07 Å². The van der Waals surface area contributed by atoms with Gasteiger partial charge in [-0.25, -0.2) is 4.84 Å². The van der Waals surface area contributed by atoms with Gasteiger partial charge >= 0.3 is 0 Å². The number of likely N-dealkylation sites (tertiary alicyclic amines) is 1. The number of nitriles is 1. The normalized spacial score (nSPS) is 19.6. The summed E-state index contributed by atoms with van der Waals surface area (Å²) >= 11 is 0. The molecule has 0 atom stereocenters. The average molecular weight is 226 g/mol. The second-order valence-corrected chi connectivity index (χ2v) is 4.94. The van der Waals surface area contributed by atoms with Gasteiger partial charge in [0.1, 0.15) is 12.6 Å². The Morgan fingerprint density at radius 1 is 1.38 bits per heavy atom. The smallest absolute Gasteiger partial charge is 0.119 e. The lowest BCUT2D eigenvalue weighted by Gasteiger charge is -2.35. The Labute approximate surface area is 98.9 Å². The van der Waals surface area contributed by atoms with Gasteiger partial charge in [0.25, 0.3) is 0 Å². The summed E-state index contributed by atoms with van der Waals surface area (Å²) in [5.74, 6) is 0. The molecular formula is C12H24N3O+. The first-order valence-corrected chi connectivity index (χ1v) is 6.18. The standard InChI is InChI=1S/C12H24N3O/c1-4-15(2,3)16-12-6-10-14(11-7-12)9-5-8-13/h12H,4-7,9-11H2,1-3H3/q+1. The quantitative estimate of drug-likeness (QED) is 0.525. The fraction of sp³-hybridized carbons (Fsp3) is 0.917. The van der Waals surface area contributed by atoms with Crippen LogP contribution in [0.15, 0.2) is 0 Å². The Kier molecular flexibility index (Phi) is 5.20. The zero-order valence-corrected chi connectivity index (χ0v) is 10.8. The minimum atomic E-state index is 0.383. The van der Waals surface area contributed by atoms with Gasteiger partial charge in [0, 0.05) is 26.1 Å². The molecule has 0 radical (unpaired) electrons. The lowest BCUT2D eigenvalue weighted by Crippen LogP contribution is -2.46. The monoisotopic (exact) mass is 226 g/mol. The van der Waals surface area contributed by atoms with Crippen LogP contribution in [0.1, 0.15) is 26.2 Å². The van der Waals surface area contributed by atoms with E-state index >= 15 is 0 Å². The molecule has 0 amide bonds. The zero-order valence-electron chi connectivity index (χ0n) is 10.8. The minimum absolute atomic E-state index is 0.383. The molecular weight excluding hydrogens is 202 g/mol. The number of hydroxylamine groups is 3. The fourth-order valence-electron chi connectivity index (χ4n) is 1.92. The molecule has 0 aromatic heterocycles. The van der Waals surface area contributed by atoms with Crippen molar-refractivity contribution in [1.29, 1.82) is 5.26 Å². The SMILES string of the molecule is CC[N+](C)(C)OC1CCN(CCC#N)CC1. The second kappa shape index (κ2) is 6.19. The van der Waals surface area contributed by atoms with Crippen molar-refractivity contribution in [2.75, 3.05) is 40.3 Å². The molecule has 1 aliphatic heterocycles. The predicted octanol–water partition coefficient (Wildman–Crippen LogP) is 1.39. The van der Waals surface area contributed by atoms with Crippen LogP contribution >= 0.6 is 0 Å². The largest absolute Gasteiger partial charge is 0.302 e. The summed E-state index contributed by atoms with van der Waals surface area (Å²) in [6.07, 6.45) is 3.20. The molecule has 0 aromatic rings. The van der Waals surface area contributed by atoms with Crippen LogP contribution in [0, 0.1) is 11.3 Å². The van der Waals surface area contributed by atoms with Crippen LogP contribution < -0.4 is 0 Å². The lowest BCUT2D eigenvalue weighted by atomic mass is 10.1. The van der Waals surface area contributed by atoms with Crippen LogP contribution in [0.3, 0.4) is 0 Å². The van der Waals surface area contributed by atoms with E-state index in [-0.39, 0.29) is 0 Å². The van der Waals surface area contributed by atoms with Gasteiger partial charge in [0.15, 0.2) is 0 Å². The highest BCUT2D eigenvalue weighted by atomic mass is 16.7. The number of hydrogen-bond acceptors (Lipinski definition) is 3. The third-order valence-electron chi connectivity index (χ3n) is 3.27. The summed E-state index contributed by atoms with van der Waals surface area (Å²) in [7, 11) is 4.20. The highest BCUT2D eigenvalue weighted by molar-refractivity contribution is 4.76. The molecule has 1 heterocycles. The van der Waals surface area contributed by atoms with E-state index < -0.39 is 0 Å². The van der Waals surface area contributed by atoms with E-state index in [1.54, 1.807) is 0 Å². The molecule has 1 rings (SSSR count). The first kappa shape index (κ1) is 13.4. The van der Waals surface area contributed by atoms with Crippen molar-refractivity contribution in [1.82, 2.24) is 4.90 Å². The third-order valence-corrected chi connectivity index (χ3v) is 3.27. The molecule has 0 aromatic carbocycles. The number of quaternary nitrogens is 1. The highest BCUT2D eigenvalue weighted by Crippen LogP contribution is 2.17. The molecule has 1 saturated heterocycles. The van der Waals surface area contributed by atoms with Crippen LogP contribution in [0.5, 0.6) is 0 Å². The van der Waals surface area contributed by atoms with E-state index in [1.165, 1.54) is 0 Å². The fourth-order valence-corrected chi connectivity index (χ4v) is 1.92. The van der Waals surface area contributed by atoms with Crippen LogP contribution in [-0.4, -0.2) is 55.9 Å². The molecule has 0 bridgehead atoms. The molecule has 1 fully saturated rings. The molecule has 4 heteroatoms. The lowest BCUT2D eigenvalue weighted by molar-refractivity contribution is -1.08. The van der Waals surface area contributed by atoms with Crippen molar-refractivity contribution in [2.45, 2.75) is 32.3 Å². The van der Waals surface area contributed by atoms with E-state index in [0.717, 1.165) is 39.0 Å². The van der Waals surface area contributed by atoms with Crippen molar-refractivity contribution in [2.24, 2.45) is 0 Å². The zero-order chi connectivity index (χ0) is 12.0. The molecule has 92 valence electrons. The minimum Gasteiger partial charge on any atom is -0.302 e. The maximum atomic E-state index is 8.53. The average Bonchev–Trinajstić information content (AvgIpc) is 2.28. The van der Waals surface area contributed by atoms with Gasteiger partial charge in [-0.2, -0.15) is 9.91 Å². The first-order valence-electron chi connectivity index (χ1n) is 6.18. The molecule has 0 unspecified atom stereocenters. The number of piperidine rings is 1. The maximum Gasteiger partial charge on any atom is 0.119 e. The van der Waals surface area contributed by atoms with Crippen LogP contribution in [0.25, 0.3) is 0 Å². The summed E-state index contributed by atoms with van der Waals surface area (Å²) in [6, 6.07) is 2.20. The summed E-state index contributed by atoms with van der Waals surface area (Å²) in [5, 5.41) is 8.53. The van der Waals surface area contributed by atoms with Gasteiger partial charge in [-0.1, -0.05) is 0 Å². The Morgan fingerprint density at radius 2 is 2.00 bits per heavy atom. The number of nitrogens with zero attached hydrogens (tertiary/aromatic N) is 3. The van der Waals surface area contributed by atoms with E-state index in [0.29, 0.717) is 17.2 Å². The predicted molar refractivity (Wildman–Crippen MR) is 63.4 cm³/mol. The van der Waals surface area contributed by atoms with Gasteiger partial charge in [0.2, 0.25) is 0 Å². The van der Waals surface area contributed by atoms with E-state index in [2.05, 4.69) is 32.0 Å². The van der Waals surface area contributed by atoms with Crippen LogP contribution in [0.4, 0.5) is 0 Å². The third kappa shape index (κ3) is 4.48. The molecule has 16 heavy (non-hydrogen) atoms. The molecule has 0 aliphatic carbocycles. The molecule has 0 N–H and O–H groups in total. The van der Waals surface area contributed by atoms with Gasteiger partial charge in [-0.15, -0.1) is 0 Å². The topological polar surface area (TPSA) is 36.3 Å². The van der Waals surface area contributed by atoms with Crippen molar-refractivity contribution < 1.29 is 9.48 Å². The second-order valence-electron chi connectivity index (χ2n) is 4.94. The summed E-state index contributed by atoms with van der Waals surface area (Å²) < 4.78 is 0.642.